The van der Waals surface area contributed by atoms with Gasteiger partial charge in [0.25, 0.3) is 0 Å². The van der Waals surface area contributed by atoms with Gasteiger partial charge in [-0.3, -0.25) is 14.6 Å². The first kappa shape index (κ1) is 20.1. The van der Waals surface area contributed by atoms with E-state index in [9.17, 15) is 9.59 Å². The SMILES string of the molecule is NCCCCCC(N)=O.O=C(CCc1ccncc1)N1CCCC1. The van der Waals surface area contributed by atoms with Crippen LogP contribution in [0.5, 0.6) is 0 Å². The Morgan fingerprint density at radius 1 is 1.04 bits per heavy atom. The molecule has 1 aliphatic heterocycles. The van der Waals surface area contributed by atoms with Crippen molar-refractivity contribution < 1.29 is 9.59 Å². The molecule has 24 heavy (non-hydrogen) atoms. The summed E-state index contributed by atoms with van der Waals surface area (Å²) < 4.78 is 0. The fourth-order valence-electron chi connectivity index (χ4n) is 2.55. The van der Waals surface area contributed by atoms with E-state index in [-0.39, 0.29) is 5.91 Å². The maximum atomic E-state index is 11.7. The number of hydrogen-bond donors (Lipinski definition) is 2. The number of aromatic nitrogens is 1. The predicted molar refractivity (Wildman–Crippen MR) is 95.1 cm³/mol. The molecule has 2 amide bonds. The summed E-state index contributed by atoms with van der Waals surface area (Å²) in [6, 6.07) is 3.94. The highest BCUT2D eigenvalue weighted by atomic mass is 16.2. The molecule has 2 heterocycles. The summed E-state index contributed by atoms with van der Waals surface area (Å²) in [4.78, 5) is 27.8. The van der Waals surface area contributed by atoms with Crippen molar-refractivity contribution in [3.8, 4) is 0 Å². The molecule has 0 saturated carbocycles. The van der Waals surface area contributed by atoms with Crippen LogP contribution in [0.1, 0.15) is 50.5 Å². The molecule has 0 bridgehead atoms. The molecule has 0 unspecified atom stereocenters. The first-order valence-electron chi connectivity index (χ1n) is 8.78. The van der Waals surface area contributed by atoms with Gasteiger partial charge in [-0.15, -0.1) is 0 Å². The zero-order valence-electron chi connectivity index (χ0n) is 14.5. The summed E-state index contributed by atoms with van der Waals surface area (Å²) in [6.45, 7) is 2.61. The molecule has 4 N–H and O–H groups in total. The van der Waals surface area contributed by atoms with Gasteiger partial charge in [-0.25, -0.2) is 0 Å². The highest BCUT2D eigenvalue weighted by Gasteiger charge is 2.16. The Morgan fingerprint density at radius 3 is 2.29 bits per heavy atom. The lowest BCUT2D eigenvalue weighted by atomic mass is 10.1. The molecular formula is C18H30N4O2. The number of likely N-dealkylation sites (tertiary alicyclic amines) is 1. The van der Waals surface area contributed by atoms with E-state index in [4.69, 9.17) is 11.5 Å². The summed E-state index contributed by atoms with van der Waals surface area (Å²) in [5.74, 6) is 0.0799. The van der Waals surface area contributed by atoms with E-state index in [1.807, 2.05) is 17.0 Å². The molecule has 1 aromatic heterocycles. The number of carbonyl (C=O) groups is 2. The summed E-state index contributed by atoms with van der Waals surface area (Å²) in [5.41, 5.74) is 11.3. The molecule has 0 aliphatic carbocycles. The molecule has 1 aliphatic rings. The Labute approximate surface area is 144 Å². The van der Waals surface area contributed by atoms with E-state index >= 15 is 0 Å². The van der Waals surface area contributed by atoms with Crippen molar-refractivity contribution >= 4 is 11.8 Å². The highest BCUT2D eigenvalue weighted by Crippen LogP contribution is 2.10. The van der Waals surface area contributed by atoms with Gasteiger partial charge in [0.1, 0.15) is 0 Å². The second-order valence-corrected chi connectivity index (χ2v) is 6.01. The van der Waals surface area contributed by atoms with Gasteiger partial charge in [0.15, 0.2) is 0 Å². The second-order valence-electron chi connectivity index (χ2n) is 6.01. The molecule has 1 fully saturated rings. The van der Waals surface area contributed by atoms with Crippen LogP contribution in [0, 0.1) is 0 Å². The zero-order valence-corrected chi connectivity index (χ0v) is 14.5. The van der Waals surface area contributed by atoms with Gasteiger partial charge < -0.3 is 16.4 Å². The van der Waals surface area contributed by atoms with Crippen molar-refractivity contribution in [2.75, 3.05) is 19.6 Å². The molecule has 0 radical (unpaired) electrons. The number of amides is 2. The van der Waals surface area contributed by atoms with Gasteiger partial charge in [0.2, 0.25) is 11.8 Å². The summed E-state index contributed by atoms with van der Waals surface area (Å²) in [5, 5.41) is 0. The number of aryl methyl sites for hydroxylation is 1. The number of pyridine rings is 1. The van der Waals surface area contributed by atoms with Crippen molar-refractivity contribution in [3.05, 3.63) is 30.1 Å². The van der Waals surface area contributed by atoms with E-state index in [0.717, 1.165) is 38.8 Å². The molecule has 6 heteroatoms. The minimum Gasteiger partial charge on any atom is -0.370 e. The third-order valence-electron chi connectivity index (χ3n) is 3.96. The van der Waals surface area contributed by atoms with E-state index in [1.165, 1.54) is 18.4 Å². The molecular weight excluding hydrogens is 304 g/mol. The van der Waals surface area contributed by atoms with Crippen LogP contribution in [0.3, 0.4) is 0 Å². The second kappa shape index (κ2) is 12.5. The van der Waals surface area contributed by atoms with Crippen molar-refractivity contribution in [1.82, 2.24) is 9.88 Å². The Balaban J connectivity index is 0.000000277. The third-order valence-corrected chi connectivity index (χ3v) is 3.96. The number of carbonyl (C=O) groups excluding carboxylic acids is 2. The molecule has 2 rings (SSSR count). The lowest BCUT2D eigenvalue weighted by Gasteiger charge is -2.14. The smallest absolute Gasteiger partial charge is 0.222 e. The van der Waals surface area contributed by atoms with Gasteiger partial charge in [0, 0.05) is 38.3 Å². The molecule has 1 saturated heterocycles. The maximum Gasteiger partial charge on any atom is 0.222 e. The lowest BCUT2D eigenvalue weighted by Crippen LogP contribution is -2.27. The Morgan fingerprint density at radius 2 is 1.71 bits per heavy atom. The van der Waals surface area contributed by atoms with Gasteiger partial charge in [0.05, 0.1) is 0 Å². The normalized spacial score (nSPS) is 13.3. The molecule has 1 aromatic rings. The van der Waals surface area contributed by atoms with Crippen LogP contribution in [0.25, 0.3) is 0 Å². The van der Waals surface area contributed by atoms with Crippen LogP contribution in [0.15, 0.2) is 24.5 Å². The molecule has 0 spiro atoms. The largest absolute Gasteiger partial charge is 0.370 e. The van der Waals surface area contributed by atoms with Crippen LogP contribution in [-0.2, 0) is 16.0 Å². The minimum atomic E-state index is -0.216. The standard InChI is InChI=1S/C12H16N2O.C6H14N2O/c15-12(14-9-1-2-10-14)4-3-11-5-7-13-8-6-11;7-5-3-1-2-4-6(8)9/h5-8H,1-4,9-10H2;1-5,7H2,(H2,8,9). The van der Waals surface area contributed by atoms with E-state index in [1.54, 1.807) is 12.4 Å². The van der Waals surface area contributed by atoms with Gasteiger partial charge in [-0.1, -0.05) is 6.42 Å². The fraction of sp³-hybridized carbons (Fsp3) is 0.611. The van der Waals surface area contributed by atoms with Crippen LogP contribution < -0.4 is 11.5 Å². The fourth-order valence-corrected chi connectivity index (χ4v) is 2.55. The number of primary amides is 1. The third kappa shape index (κ3) is 9.25. The van der Waals surface area contributed by atoms with Crippen LogP contribution >= 0.6 is 0 Å². The van der Waals surface area contributed by atoms with Crippen molar-refractivity contribution in [1.29, 1.82) is 0 Å². The van der Waals surface area contributed by atoms with Gasteiger partial charge >= 0.3 is 0 Å². The number of rotatable bonds is 8. The van der Waals surface area contributed by atoms with Crippen molar-refractivity contribution in [2.45, 2.75) is 51.4 Å². The van der Waals surface area contributed by atoms with Crippen LogP contribution in [-0.4, -0.2) is 41.3 Å². The van der Waals surface area contributed by atoms with Gasteiger partial charge in [-0.05, 0) is 56.3 Å². The number of unbranched alkanes of at least 4 members (excludes halogenated alkanes) is 2. The van der Waals surface area contributed by atoms with Crippen LogP contribution in [0.4, 0.5) is 0 Å². The quantitative estimate of drug-likeness (QED) is 0.705. The number of hydrogen-bond acceptors (Lipinski definition) is 4. The zero-order chi connectivity index (χ0) is 17.6. The summed E-state index contributed by atoms with van der Waals surface area (Å²) in [6.07, 6.45) is 10.7. The van der Waals surface area contributed by atoms with E-state index in [0.29, 0.717) is 25.3 Å². The van der Waals surface area contributed by atoms with Gasteiger partial charge in [-0.2, -0.15) is 0 Å². The Kier molecular flexibility index (Phi) is 10.4. The Bertz CT molecular complexity index is 473. The maximum absolute atomic E-state index is 11.7. The Hall–Kier alpha value is -1.95. The topological polar surface area (TPSA) is 102 Å². The lowest BCUT2D eigenvalue weighted by molar-refractivity contribution is -0.130. The minimum absolute atomic E-state index is 0.216. The molecule has 134 valence electrons. The molecule has 0 atom stereocenters. The molecule has 0 aromatic carbocycles. The monoisotopic (exact) mass is 334 g/mol. The van der Waals surface area contributed by atoms with Crippen molar-refractivity contribution in [3.63, 3.8) is 0 Å². The predicted octanol–water partition coefficient (Wildman–Crippen LogP) is 1.63. The first-order valence-corrected chi connectivity index (χ1v) is 8.78. The average molecular weight is 334 g/mol. The van der Waals surface area contributed by atoms with E-state index in [2.05, 4.69) is 4.98 Å². The average Bonchev–Trinajstić information content (AvgIpc) is 3.13. The number of nitrogens with zero attached hydrogens (tertiary/aromatic N) is 2. The highest BCUT2D eigenvalue weighted by molar-refractivity contribution is 5.76. The van der Waals surface area contributed by atoms with Crippen LogP contribution in [0.2, 0.25) is 0 Å². The number of nitrogens with two attached hydrogens (primary N) is 2. The van der Waals surface area contributed by atoms with E-state index < -0.39 is 0 Å². The van der Waals surface area contributed by atoms with Crippen molar-refractivity contribution in [2.24, 2.45) is 11.5 Å². The summed E-state index contributed by atoms with van der Waals surface area (Å²) in [7, 11) is 0. The molecule has 6 nitrogen and oxygen atoms in total. The first-order chi connectivity index (χ1) is 11.6. The summed E-state index contributed by atoms with van der Waals surface area (Å²) >= 11 is 0.